The highest BCUT2D eigenvalue weighted by molar-refractivity contribution is 4.80. The fraction of sp³-hybridized carbons (Fsp3) is 1.00. The van der Waals surface area contributed by atoms with Gasteiger partial charge in [0, 0.05) is 12.6 Å². The van der Waals surface area contributed by atoms with E-state index in [4.69, 9.17) is 5.11 Å². The molecule has 1 aliphatic heterocycles. The van der Waals surface area contributed by atoms with Crippen molar-refractivity contribution in [3.05, 3.63) is 0 Å². The second-order valence-electron chi connectivity index (χ2n) is 4.66. The van der Waals surface area contributed by atoms with Crippen LogP contribution in [-0.2, 0) is 0 Å². The number of hydrogen-bond acceptors (Lipinski definition) is 3. The average Bonchev–Trinajstić information content (AvgIpc) is 2.27. The van der Waals surface area contributed by atoms with Gasteiger partial charge >= 0.3 is 6.18 Å². The van der Waals surface area contributed by atoms with Gasteiger partial charge in [0.2, 0.25) is 0 Å². The summed E-state index contributed by atoms with van der Waals surface area (Å²) in [5.41, 5.74) is 0. The molecule has 0 saturated carbocycles. The quantitative estimate of drug-likeness (QED) is 0.820. The Morgan fingerprint density at radius 3 is 2.29 bits per heavy atom. The maximum absolute atomic E-state index is 12.2. The normalized spacial score (nSPS) is 22.1. The van der Waals surface area contributed by atoms with E-state index < -0.39 is 12.3 Å². The highest BCUT2D eigenvalue weighted by Gasteiger charge is 2.39. The molecule has 1 atom stereocenters. The zero-order valence-corrected chi connectivity index (χ0v) is 10.4. The van der Waals surface area contributed by atoms with E-state index in [9.17, 15) is 13.2 Å². The van der Waals surface area contributed by atoms with Gasteiger partial charge in [-0.1, -0.05) is 6.92 Å². The molecule has 3 nitrogen and oxygen atoms in total. The van der Waals surface area contributed by atoms with E-state index in [1.807, 2.05) is 0 Å². The number of rotatable bonds is 4. The third kappa shape index (κ3) is 4.44. The Kier molecular flexibility index (Phi) is 5.22. The molecule has 0 bridgehead atoms. The number of aliphatic hydroxyl groups is 1. The molecule has 17 heavy (non-hydrogen) atoms. The number of piperidine rings is 1. The van der Waals surface area contributed by atoms with Gasteiger partial charge in [0.05, 0.1) is 0 Å². The number of hydrogen-bond donors (Lipinski definition) is 1. The minimum absolute atomic E-state index is 0.148. The fourth-order valence-corrected chi connectivity index (χ4v) is 2.20. The van der Waals surface area contributed by atoms with Crippen molar-refractivity contribution in [2.45, 2.75) is 38.1 Å². The first-order valence-electron chi connectivity index (χ1n) is 6.02. The van der Waals surface area contributed by atoms with E-state index in [0.29, 0.717) is 0 Å². The van der Waals surface area contributed by atoms with Crippen LogP contribution in [0.1, 0.15) is 19.8 Å². The van der Waals surface area contributed by atoms with Crippen molar-refractivity contribution < 1.29 is 18.3 Å². The molecule has 1 heterocycles. The maximum Gasteiger partial charge on any atom is 0.415 e. The number of alkyl halides is 3. The molecule has 0 radical (unpaired) electrons. The summed E-state index contributed by atoms with van der Waals surface area (Å²) < 4.78 is 36.6. The van der Waals surface area contributed by atoms with Gasteiger partial charge in [0.15, 0.2) is 6.10 Å². The Morgan fingerprint density at radius 2 is 1.88 bits per heavy atom. The molecule has 1 rings (SSSR count). The topological polar surface area (TPSA) is 26.7 Å². The summed E-state index contributed by atoms with van der Waals surface area (Å²) in [5.74, 6) is 0. The molecule has 0 aromatic rings. The summed E-state index contributed by atoms with van der Waals surface area (Å²) in [5, 5.41) is 9.01. The van der Waals surface area contributed by atoms with Crippen LogP contribution < -0.4 is 0 Å². The number of aliphatic hydroxyl groups excluding tert-OH is 1. The number of nitrogens with zero attached hydrogens (tertiary/aromatic N) is 2. The van der Waals surface area contributed by atoms with Crippen molar-refractivity contribution in [1.82, 2.24) is 9.80 Å². The number of likely N-dealkylation sites (N-methyl/N-ethyl adjacent to an activating group) is 1. The van der Waals surface area contributed by atoms with Crippen molar-refractivity contribution in [3.8, 4) is 0 Å². The molecule has 0 aromatic heterocycles. The maximum atomic E-state index is 12.2. The summed E-state index contributed by atoms with van der Waals surface area (Å²) in [7, 11) is 1.65. The van der Waals surface area contributed by atoms with Crippen LogP contribution in [0.3, 0.4) is 0 Å². The molecule has 0 amide bonds. The molecule has 0 spiro atoms. The van der Waals surface area contributed by atoms with E-state index in [0.717, 1.165) is 32.5 Å². The standard InChI is InChI=1S/C11H21F3N2O/c1-3-16-6-4-9(5-7-16)15(2)8-10(17)11(12,13)14/h9-10,17H,3-8H2,1-2H3. The molecule has 0 aliphatic carbocycles. The predicted octanol–water partition coefficient (Wildman–Crippen LogP) is 1.33. The second-order valence-corrected chi connectivity index (χ2v) is 4.66. The van der Waals surface area contributed by atoms with Gasteiger partial charge in [-0.25, -0.2) is 0 Å². The first-order chi connectivity index (χ1) is 7.84. The van der Waals surface area contributed by atoms with Crippen molar-refractivity contribution in [1.29, 1.82) is 0 Å². The number of likely N-dealkylation sites (tertiary alicyclic amines) is 1. The summed E-state index contributed by atoms with van der Waals surface area (Å²) in [4.78, 5) is 3.91. The van der Waals surface area contributed by atoms with Crippen LogP contribution in [0.25, 0.3) is 0 Å². The highest BCUT2D eigenvalue weighted by atomic mass is 19.4. The van der Waals surface area contributed by atoms with Gasteiger partial charge in [-0.05, 0) is 39.5 Å². The average molecular weight is 254 g/mol. The van der Waals surface area contributed by atoms with Crippen molar-refractivity contribution in [2.75, 3.05) is 33.2 Å². The Labute approximate surface area is 100 Å². The third-order valence-corrected chi connectivity index (χ3v) is 3.47. The fourth-order valence-electron chi connectivity index (χ4n) is 2.20. The molecular weight excluding hydrogens is 233 g/mol. The van der Waals surface area contributed by atoms with E-state index in [2.05, 4.69) is 11.8 Å². The lowest BCUT2D eigenvalue weighted by atomic mass is 10.0. The van der Waals surface area contributed by atoms with Gasteiger partial charge < -0.3 is 14.9 Å². The first kappa shape index (κ1) is 14.7. The minimum Gasteiger partial charge on any atom is -0.382 e. The Balaban J connectivity index is 2.36. The first-order valence-corrected chi connectivity index (χ1v) is 6.02. The third-order valence-electron chi connectivity index (χ3n) is 3.47. The largest absolute Gasteiger partial charge is 0.415 e. The Hall–Kier alpha value is -0.330. The predicted molar refractivity (Wildman–Crippen MR) is 59.8 cm³/mol. The monoisotopic (exact) mass is 254 g/mol. The van der Waals surface area contributed by atoms with Crippen LogP contribution in [-0.4, -0.2) is 66.5 Å². The lowest BCUT2D eigenvalue weighted by molar-refractivity contribution is -0.208. The van der Waals surface area contributed by atoms with Crippen molar-refractivity contribution >= 4 is 0 Å². The van der Waals surface area contributed by atoms with Crippen molar-refractivity contribution in [3.63, 3.8) is 0 Å². The lowest BCUT2D eigenvalue weighted by Gasteiger charge is -2.37. The second kappa shape index (κ2) is 6.02. The van der Waals surface area contributed by atoms with Crippen LogP contribution in [0.4, 0.5) is 13.2 Å². The van der Waals surface area contributed by atoms with Crippen LogP contribution in [0.15, 0.2) is 0 Å². The van der Waals surface area contributed by atoms with E-state index in [1.54, 1.807) is 11.9 Å². The van der Waals surface area contributed by atoms with Gasteiger partial charge in [-0.2, -0.15) is 13.2 Å². The number of halogens is 3. The minimum atomic E-state index is -4.52. The Bertz CT molecular complexity index is 227. The summed E-state index contributed by atoms with van der Waals surface area (Å²) in [6.07, 6.45) is -5.01. The molecule has 1 saturated heterocycles. The van der Waals surface area contributed by atoms with E-state index in [-0.39, 0.29) is 12.6 Å². The molecule has 0 aromatic carbocycles. The van der Waals surface area contributed by atoms with Gasteiger partial charge in [0.1, 0.15) is 0 Å². The molecule has 6 heteroatoms. The molecule has 1 aliphatic rings. The molecule has 1 unspecified atom stereocenters. The zero-order chi connectivity index (χ0) is 13.1. The molecular formula is C11H21F3N2O. The van der Waals surface area contributed by atoms with E-state index in [1.165, 1.54) is 0 Å². The summed E-state index contributed by atoms with van der Waals surface area (Å²) >= 11 is 0. The highest BCUT2D eigenvalue weighted by Crippen LogP contribution is 2.22. The van der Waals surface area contributed by atoms with Gasteiger partial charge in [-0.3, -0.25) is 0 Å². The molecule has 1 fully saturated rings. The Morgan fingerprint density at radius 1 is 1.35 bits per heavy atom. The van der Waals surface area contributed by atoms with Crippen molar-refractivity contribution in [2.24, 2.45) is 0 Å². The van der Waals surface area contributed by atoms with Crippen LogP contribution in [0.2, 0.25) is 0 Å². The molecule has 102 valence electrons. The smallest absolute Gasteiger partial charge is 0.382 e. The summed E-state index contributed by atoms with van der Waals surface area (Å²) in [6, 6.07) is 0.148. The zero-order valence-electron chi connectivity index (χ0n) is 10.4. The summed E-state index contributed by atoms with van der Waals surface area (Å²) in [6.45, 7) is 4.58. The van der Waals surface area contributed by atoms with Crippen LogP contribution in [0.5, 0.6) is 0 Å². The van der Waals surface area contributed by atoms with E-state index >= 15 is 0 Å². The van der Waals surface area contributed by atoms with Crippen LogP contribution in [0, 0.1) is 0 Å². The van der Waals surface area contributed by atoms with Gasteiger partial charge in [0.25, 0.3) is 0 Å². The lowest BCUT2D eigenvalue weighted by Crippen LogP contribution is -2.48. The molecule has 1 N–H and O–H groups in total. The van der Waals surface area contributed by atoms with Crippen LogP contribution >= 0.6 is 0 Å². The SMILES string of the molecule is CCN1CCC(N(C)CC(O)C(F)(F)F)CC1. The van der Waals surface area contributed by atoms with Gasteiger partial charge in [-0.15, -0.1) is 0 Å².